The summed E-state index contributed by atoms with van der Waals surface area (Å²) >= 11 is 0. The van der Waals surface area contributed by atoms with Gasteiger partial charge in [-0.3, -0.25) is 0 Å². The third-order valence-electron chi connectivity index (χ3n) is 9.26. The standard InChI is InChI=1S/C45H30N2/c1-31-11-9-10-26-46(38-14-3-2-4-15-38)43-24-22-36(29-41(31)43)32-18-20-33(21-19-32)37-23-25-45-42(30-37)40-16-7-8-17-44(40)47(45)39-27-34-12-5-6-13-35(34)28-39/h2-27,29-30H,1H2/b11-9-,26-10-. The van der Waals surface area contributed by atoms with E-state index in [-0.39, 0.29) is 0 Å². The van der Waals surface area contributed by atoms with Gasteiger partial charge in [0.05, 0.1) is 22.4 Å². The zero-order valence-corrected chi connectivity index (χ0v) is 25.8. The lowest BCUT2D eigenvalue weighted by Gasteiger charge is -2.25. The average Bonchev–Trinajstić information content (AvgIpc) is 3.70. The van der Waals surface area contributed by atoms with Crippen molar-refractivity contribution in [1.82, 2.24) is 4.57 Å². The van der Waals surface area contributed by atoms with Crippen molar-refractivity contribution in [2.75, 3.05) is 4.90 Å². The second-order valence-electron chi connectivity index (χ2n) is 12.1. The van der Waals surface area contributed by atoms with Gasteiger partial charge in [0.15, 0.2) is 0 Å². The first-order valence-electron chi connectivity index (χ1n) is 16.0. The molecule has 0 atom stereocenters. The second kappa shape index (κ2) is 10.9. The van der Waals surface area contributed by atoms with Crippen LogP contribution in [0.1, 0.15) is 5.56 Å². The van der Waals surface area contributed by atoms with Crippen molar-refractivity contribution in [2.24, 2.45) is 0 Å². The summed E-state index contributed by atoms with van der Waals surface area (Å²) in [6.07, 6.45) is 10.5. The smallest absolute Gasteiger partial charge is 0.0903 e. The Morgan fingerprint density at radius 1 is 0.553 bits per heavy atom. The molecule has 220 valence electrons. The largest absolute Gasteiger partial charge is 0.317 e. The molecule has 0 saturated carbocycles. The van der Waals surface area contributed by atoms with E-state index in [1.54, 1.807) is 0 Å². The van der Waals surface area contributed by atoms with Gasteiger partial charge in [-0.05, 0) is 93.7 Å². The van der Waals surface area contributed by atoms with Gasteiger partial charge in [0.2, 0.25) is 0 Å². The Morgan fingerprint density at radius 3 is 2.06 bits per heavy atom. The van der Waals surface area contributed by atoms with Crippen molar-refractivity contribution in [3.8, 4) is 22.3 Å². The number of hydrogen-bond donors (Lipinski definition) is 0. The number of para-hydroxylation sites is 2. The van der Waals surface area contributed by atoms with Crippen LogP contribution in [0.25, 0.3) is 67.1 Å². The molecule has 0 spiro atoms. The van der Waals surface area contributed by atoms with Crippen molar-refractivity contribution < 1.29 is 0 Å². The molecule has 0 saturated heterocycles. The lowest BCUT2D eigenvalue weighted by Crippen LogP contribution is -2.19. The topological polar surface area (TPSA) is 8.17 Å². The van der Waals surface area contributed by atoms with Crippen molar-refractivity contribution >= 4 is 56.3 Å². The van der Waals surface area contributed by atoms with Crippen LogP contribution in [0, 0.1) is 0 Å². The zero-order valence-electron chi connectivity index (χ0n) is 25.8. The maximum atomic E-state index is 4.40. The minimum Gasteiger partial charge on any atom is -0.317 e. The van der Waals surface area contributed by atoms with Gasteiger partial charge in [-0.25, -0.2) is 0 Å². The van der Waals surface area contributed by atoms with Crippen LogP contribution in [0.3, 0.4) is 0 Å². The van der Waals surface area contributed by atoms with Gasteiger partial charge in [0.25, 0.3) is 0 Å². The molecule has 7 aromatic rings. The molecule has 2 heteroatoms. The van der Waals surface area contributed by atoms with E-state index in [4.69, 9.17) is 0 Å². The fourth-order valence-corrected chi connectivity index (χ4v) is 6.92. The molecule has 2 heterocycles. The predicted molar refractivity (Wildman–Crippen MR) is 199 cm³/mol. The van der Waals surface area contributed by atoms with E-state index in [2.05, 4.69) is 186 Å². The number of fused-ring (bicyclic) bond motifs is 5. The minimum absolute atomic E-state index is 0.990. The van der Waals surface area contributed by atoms with Gasteiger partial charge in [-0.2, -0.15) is 0 Å². The highest BCUT2D eigenvalue weighted by atomic mass is 15.1. The lowest BCUT2D eigenvalue weighted by molar-refractivity contribution is 1.27. The number of benzene rings is 6. The summed E-state index contributed by atoms with van der Waals surface area (Å²) in [5.41, 5.74) is 16.2. The van der Waals surface area contributed by atoms with Gasteiger partial charge >= 0.3 is 0 Å². The van der Waals surface area contributed by atoms with E-state index in [1.807, 2.05) is 6.07 Å². The molecular formula is C45H30N2. The summed E-state index contributed by atoms with van der Waals surface area (Å²) in [5.74, 6) is 0. The maximum Gasteiger partial charge on any atom is 0.0903 e. The highest BCUT2D eigenvalue weighted by Gasteiger charge is 2.17. The first-order chi connectivity index (χ1) is 23.2. The summed E-state index contributed by atoms with van der Waals surface area (Å²) in [5, 5.41) is 4.84. The first kappa shape index (κ1) is 27.0. The predicted octanol–water partition coefficient (Wildman–Crippen LogP) is 10.1. The quantitative estimate of drug-likeness (QED) is 0.196. The van der Waals surface area contributed by atoms with Crippen LogP contribution in [0.5, 0.6) is 0 Å². The number of allylic oxidation sites excluding steroid dienone is 5. The van der Waals surface area contributed by atoms with Crippen LogP contribution in [0.15, 0.2) is 171 Å². The Bertz CT molecular complexity index is 2610. The summed E-state index contributed by atoms with van der Waals surface area (Å²) < 4.78 is 2.34. The fraction of sp³-hybridized carbons (Fsp3) is 0. The first-order valence-corrected chi connectivity index (χ1v) is 16.0. The van der Waals surface area contributed by atoms with Gasteiger partial charge in [0.1, 0.15) is 0 Å². The summed E-state index contributed by atoms with van der Waals surface area (Å²) in [6.45, 7) is 4.40. The molecule has 0 radical (unpaired) electrons. The van der Waals surface area contributed by atoms with Crippen LogP contribution >= 0.6 is 0 Å². The van der Waals surface area contributed by atoms with Crippen molar-refractivity contribution in [3.05, 3.63) is 187 Å². The third-order valence-corrected chi connectivity index (χ3v) is 9.26. The molecule has 47 heavy (non-hydrogen) atoms. The molecule has 0 unspecified atom stereocenters. The molecule has 0 amide bonds. The molecular weight excluding hydrogens is 569 g/mol. The molecule has 1 aliphatic heterocycles. The van der Waals surface area contributed by atoms with Crippen molar-refractivity contribution in [3.63, 3.8) is 0 Å². The number of aromatic nitrogens is 1. The van der Waals surface area contributed by atoms with E-state index in [0.717, 1.165) is 33.4 Å². The molecule has 1 aromatic heterocycles. The van der Waals surface area contributed by atoms with Gasteiger partial charge in [0, 0.05) is 33.4 Å². The number of nitrogens with zero attached hydrogens (tertiary/aromatic N) is 2. The van der Waals surface area contributed by atoms with E-state index in [1.165, 1.54) is 49.3 Å². The number of hydrogen-bond acceptors (Lipinski definition) is 1. The van der Waals surface area contributed by atoms with Crippen molar-refractivity contribution in [1.29, 1.82) is 0 Å². The summed E-state index contributed by atoms with van der Waals surface area (Å²) in [6, 6.07) is 50.0. The van der Waals surface area contributed by atoms with Crippen LogP contribution in [-0.2, 0) is 0 Å². The molecule has 0 N–H and O–H groups in total. The molecule has 6 aromatic carbocycles. The van der Waals surface area contributed by atoms with E-state index in [0.29, 0.717) is 0 Å². The normalized spacial score (nSPS) is 14.9. The highest BCUT2D eigenvalue weighted by Crippen LogP contribution is 2.38. The Morgan fingerprint density at radius 2 is 1.23 bits per heavy atom. The van der Waals surface area contributed by atoms with Crippen LogP contribution in [0.2, 0.25) is 0 Å². The number of anilines is 2. The third kappa shape index (κ3) is 4.59. The van der Waals surface area contributed by atoms with Gasteiger partial charge < -0.3 is 9.47 Å². The Hall–Kier alpha value is -6.34. The van der Waals surface area contributed by atoms with Crippen LogP contribution in [-0.4, -0.2) is 4.57 Å². The molecule has 9 rings (SSSR count). The Balaban J connectivity index is 1.09. The molecule has 2 aliphatic rings. The van der Waals surface area contributed by atoms with E-state index < -0.39 is 0 Å². The zero-order chi connectivity index (χ0) is 31.3. The molecule has 1 aliphatic carbocycles. The molecule has 2 nitrogen and oxygen atoms in total. The highest BCUT2D eigenvalue weighted by molar-refractivity contribution is 6.13. The van der Waals surface area contributed by atoms with Gasteiger partial charge in [-0.1, -0.05) is 115 Å². The van der Waals surface area contributed by atoms with Crippen molar-refractivity contribution in [2.45, 2.75) is 0 Å². The van der Waals surface area contributed by atoms with Gasteiger partial charge in [-0.15, -0.1) is 0 Å². The second-order valence-corrected chi connectivity index (χ2v) is 12.1. The minimum atomic E-state index is 0.990. The lowest BCUT2D eigenvalue weighted by atomic mass is 9.95. The monoisotopic (exact) mass is 598 g/mol. The Kier molecular flexibility index (Phi) is 6.28. The van der Waals surface area contributed by atoms with Crippen LogP contribution < -0.4 is 15.3 Å². The molecule has 0 bridgehead atoms. The SMILES string of the molecule is C=C1/C=C\C=C/N(c2ccccc2)c2ccc(-c3ccc(-c4ccc5c(c4)c4ccccc4n5C4=C=c5ccccc5=C4)cc3)cc21. The average molecular weight is 599 g/mol. The Labute approximate surface area is 273 Å². The fourth-order valence-electron chi connectivity index (χ4n) is 6.92. The summed E-state index contributed by atoms with van der Waals surface area (Å²) in [4.78, 5) is 2.22. The number of rotatable bonds is 4. The molecule has 0 fully saturated rings. The summed E-state index contributed by atoms with van der Waals surface area (Å²) in [7, 11) is 0. The van der Waals surface area contributed by atoms with Crippen LogP contribution in [0.4, 0.5) is 11.4 Å². The van der Waals surface area contributed by atoms with E-state index >= 15 is 0 Å². The van der Waals surface area contributed by atoms with E-state index in [9.17, 15) is 0 Å². The maximum absolute atomic E-state index is 4.40.